The largest absolute Gasteiger partial charge is 0.497 e. The number of hydrogen-bond donors (Lipinski definition) is 4. The molecule has 0 radical (unpaired) electrons. The number of rotatable bonds is 11. The second-order valence-corrected chi connectivity index (χ2v) is 11.5. The first kappa shape index (κ1) is 27.9. The standard InChI is InChI=1S/C35H37N7O2/c1-44-26-15-12-23(13-16-26)22-42-33(17-14-24-20-37-29-9-4-2-7-27(24)29)40-41-34(42)32(39-35(43)31-11-6-18-36-31)19-25-21-38-30-10-5-3-8-28(25)30/h2-5,7-10,12-13,15-16,20-21,31-32,36-38H,6,11,14,17-19,22H2,1H3,(H,39,43)/t31-,32?/m1/s1. The Balaban J connectivity index is 1.25. The van der Waals surface area contributed by atoms with E-state index in [4.69, 9.17) is 14.9 Å². The number of ether oxygens (including phenoxy) is 1. The number of aromatic nitrogens is 5. The zero-order valence-electron chi connectivity index (χ0n) is 24.8. The van der Waals surface area contributed by atoms with Crippen molar-refractivity contribution in [1.29, 1.82) is 0 Å². The third-order valence-electron chi connectivity index (χ3n) is 8.75. The first-order valence-electron chi connectivity index (χ1n) is 15.3. The fourth-order valence-corrected chi connectivity index (χ4v) is 6.37. The van der Waals surface area contributed by atoms with Crippen LogP contribution in [0.15, 0.2) is 85.2 Å². The number of benzene rings is 3. The molecule has 1 aliphatic heterocycles. The molecule has 4 heterocycles. The number of amides is 1. The minimum Gasteiger partial charge on any atom is -0.497 e. The fraction of sp³-hybridized carbons (Fsp3) is 0.286. The summed E-state index contributed by atoms with van der Waals surface area (Å²) in [4.78, 5) is 20.3. The lowest BCUT2D eigenvalue weighted by molar-refractivity contribution is -0.123. The van der Waals surface area contributed by atoms with Crippen LogP contribution in [0.5, 0.6) is 5.75 Å². The third-order valence-corrected chi connectivity index (χ3v) is 8.75. The maximum absolute atomic E-state index is 13.5. The van der Waals surface area contributed by atoms with Crippen molar-refractivity contribution in [3.63, 3.8) is 0 Å². The van der Waals surface area contributed by atoms with E-state index < -0.39 is 0 Å². The lowest BCUT2D eigenvalue weighted by Crippen LogP contribution is -2.43. The Morgan fingerprint density at radius 1 is 0.932 bits per heavy atom. The Morgan fingerprint density at radius 2 is 1.64 bits per heavy atom. The van der Waals surface area contributed by atoms with Gasteiger partial charge in [-0.3, -0.25) is 4.79 Å². The zero-order valence-corrected chi connectivity index (χ0v) is 24.8. The predicted molar refractivity (Wildman–Crippen MR) is 172 cm³/mol. The molecule has 0 aliphatic carbocycles. The van der Waals surface area contributed by atoms with Crippen LogP contribution in [0.25, 0.3) is 21.8 Å². The van der Waals surface area contributed by atoms with Crippen LogP contribution < -0.4 is 15.4 Å². The molecule has 4 N–H and O–H groups in total. The number of aromatic amines is 2. The highest BCUT2D eigenvalue weighted by molar-refractivity contribution is 5.84. The Morgan fingerprint density at radius 3 is 2.34 bits per heavy atom. The number of carbonyl (C=O) groups excluding carboxylic acids is 1. The quantitative estimate of drug-likeness (QED) is 0.166. The predicted octanol–water partition coefficient (Wildman–Crippen LogP) is 5.23. The molecule has 3 aromatic heterocycles. The smallest absolute Gasteiger partial charge is 0.237 e. The zero-order chi connectivity index (χ0) is 29.9. The molecule has 7 rings (SSSR count). The molecule has 1 fully saturated rings. The maximum Gasteiger partial charge on any atom is 0.237 e. The second-order valence-electron chi connectivity index (χ2n) is 11.5. The van der Waals surface area contributed by atoms with Gasteiger partial charge in [0.05, 0.1) is 25.7 Å². The van der Waals surface area contributed by atoms with Crippen molar-refractivity contribution in [2.75, 3.05) is 13.7 Å². The van der Waals surface area contributed by atoms with E-state index in [0.717, 1.165) is 70.8 Å². The lowest BCUT2D eigenvalue weighted by atomic mass is 10.0. The number of aryl methyl sites for hydroxylation is 2. The molecule has 6 aromatic rings. The summed E-state index contributed by atoms with van der Waals surface area (Å²) in [7, 11) is 1.67. The van der Waals surface area contributed by atoms with E-state index in [0.29, 0.717) is 19.4 Å². The molecule has 224 valence electrons. The van der Waals surface area contributed by atoms with Gasteiger partial charge in [-0.1, -0.05) is 48.5 Å². The van der Waals surface area contributed by atoms with E-state index in [1.54, 1.807) is 7.11 Å². The van der Waals surface area contributed by atoms with E-state index in [-0.39, 0.29) is 18.0 Å². The van der Waals surface area contributed by atoms with Crippen molar-refractivity contribution in [1.82, 2.24) is 35.4 Å². The molecule has 1 saturated heterocycles. The third kappa shape index (κ3) is 5.70. The number of para-hydroxylation sites is 2. The maximum atomic E-state index is 13.5. The molecule has 9 nitrogen and oxygen atoms in total. The Labute approximate surface area is 256 Å². The van der Waals surface area contributed by atoms with Crippen molar-refractivity contribution in [2.45, 2.75) is 50.7 Å². The summed E-state index contributed by atoms with van der Waals surface area (Å²) in [5, 5.41) is 18.6. The first-order chi connectivity index (χ1) is 21.7. The van der Waals surface area contributed by atoms with Gasteiger partial charge in [0.1, 0.15) is 11.6 Å². The van der Waals surface area contributed by atoms with Gasteiger partial charge < -0.3 is 29.9 Å². The van der Waals surface area contributed by atoms with Crippen molar-refractivity contribution in [2.24, 2.45) is 0 Å². The highest BCUT2D eigenvalue weighted by Gasteiger charge is 2.29. The van der Waals surface area contributed by atoms with Crippen LogP contribution >= 0.6 is 0 Å². The highest BCUT2D eigenvalue weighted by atomic mass is 16.5. The number of nitrogens with zero attached hydrogens (tertiary/aromatic N) is 3. The van der Waals surface area contributed by atoms with E-state index in [9.17, 15) is 4.79 Å². The first-order valence-corrected chi connectivity index (χ1v) is 15.3. The van der Waals surface area contributed by atoms with Crippen LogP contribution in [0, 0.1) is 0 Å². The summed E-state index contributed by atoms with van der Waals surface area (Å²) in [6.45, 7) is 1.44. The fourth-order valence-electron chi connectivity index (χ4n) is 6.37. The summed E-state index contributed by atoms with van der Waals surface area (Å²) < 4.78 is 7.59. The number of methoxy groups -OCH3 is 1. The van der Waals surface area contributed by atoms with Gasteiger partial charge in [-0.2, -0.15) is 0 Å². The van der Waals surface area contributed by atoms with E-state index >= 15 is 0 Å². The van der Waals surface area contributed by atoms with Gasteiger partial charge in [0.25, 0.3) is 0 Å². The summed E-state index contributed by atoms with van der Waals surface area (Å²) in [5.41, 5.74) is 5.69. The molecule has 1 unspecified atom stereocenters. The van der Waals surface area contributed by atoms with Crippen LogP contribution in [-0.4, -0.2) is 50.3 Å². The van der Waals surface area contributed by atoms with Crippen LogP contribution in [0.3, 0.4) is 0 Å². The Bertz CT molecular complexity index is 1880. The number of nitrogens with one attached hydrogen (secondary N) is 4. The topological polar surface area (TPSA) is 113 Å². The summed E-state index contributed by atoms with van der Waals surface area (Å²) >= 11 is 0. The minimum absolute atomic E-state index is 0.00619. The molecule has 0 spiro atoms. The molecular weight excluding hydrogens is 550 g/mol. The van der Waals surface area contributed by atoms with Gasteiger partial charge in [0, 0.05) is 47.0 Å². The van der Waals surface area contributed by atoms with Crippen LogP contribution in [0.1, 0.15) is 47.2 Å². The molecule has 2 atom stereocenters. The Kier molecular flexibility index (Phi) is 7.85. The number of fused-ring (bicyclic) bond motifs is 2. The monoisotopic (exact) mass is 587 g/mol. The number of carbonyl (C=O) groups is 1. The molecule has 1 amide bonds. The second kappa shape index (κ2) is 12.4. The average Bonchev–Trinajstić information content (AvgIpc) is 3.88. The average molecular weight is 588 g/mol. The molecule has 1 aliphatic rings. The van der Waals surface area contributed by atoms with Crippen molar-refractivity contribution >= 4 is 27.7 Å². The molecule has 9 heteroatoms. The van der Waals surface area contributed by atoms with Crippen LogP contribution in [-0.2, 0) is 30.6 Å². The van der Waals surface area contributed by atoms with Crippen molar-refractivity contribution in [3.8, 4) is 5.75 Å². The Hall–Kier alpha value is -4.89. The number of H-pyrrole nitrogens is 2. The van der Waals surface area contributed by atoms with Gasteiger partial charge in [-0.15, -0.1) is 10.2 Å². The van der Waals surface area contributed by atoms with Gasteiger partial charge in [-0.25, -0.2) is 0 Å². The van der Waals surface area contributed by atoms with E-state index in [2.05, 4.69) is 73.8 Å². The number of hydrogen-bond acceptors (Lipinski definition) is 5. The molecule has 44 heavy (non-hydrogen) atoms. The molecular formula is C35H37N7O2. The van der Waals surface area contributed by atoms with E-state index in [1.807, 2.05) is 36.5 Å². The van der Waals surface area contributed by atoms with Crippen LogP contribution in [0.4, 0.5) is 0 Å². The summed E-state index contributed by atoms with van der Waals surface area (Å²) in [5.74, 6) is 2.46. The summed E-state index contributed by atoms with van der Waals surface area (Å²) in [6, 6.07) is 24.2. The van der Waals surface area contributed by atoms with Gasteiger partial charge in [-0.05, 0) is 66.8 Å². The van der Waals surface area contributed by atoms with Gasteiger partial charge >= 0.3 is 0 Å². The van der Waals surface area contributed by atoms with Crippen molar-refractivity contribution < 1.29 is 9.53 Å². The SMILES string of the molecule is COc1ccc(Cn2c(CCc3c[nH]c4ccccc34)nnc2C(Cc2c[nH]c3ccccc23)NC(=O)[C@H]2CCCN2)cc1. The normalized spacial score (nSPS) is 15.6. The van der Waals surface area contributed by atoms with Gasteiger partial charge in [0.15, 0.2) is 5.82 Å². The minimum atomic E-state index is -0.364. The van der Waals surface area contributed by atoms with Crippen LogP contribution in [0.2, 0.25) is 0 Å². The highest BCUT2D eigenvalue weighted by Crippen LogP contribution is 2.27. The van der Waals surface area contributed by atoms with E-state index in [1.165, 1.54) is 10.9 Å². The van der Waals surface area contributed by atoms with Gasteiger partial charge in [0.2, 0.25) is 5.91 Å². The molecule has 0 bridgehead atoms. The molecule has 3 aromatic carbocycles. The van der Waals surface area contributed by atoms with Crippen molar-refractivity contribution in [3.05, 3.63) is 114 Å². The summed E-state index contributed by atoms with van der Waals surface area (Å²) in [6.07, 6.45) is 8.08. The molecule has 0 saturated carbocycles. The lowest BCUT2D eigenvalue weighted by Gasteiger charge is -2.22.